The zero-order chi connectivity index (χ0) is 17.2. The summed E-state index contributed by atoms with van der Waals surface area (Å²) in [5.74, 6) is 0.726. The summed E-state index contributed by atoms with van der Waals surface area (Å²) in [5.41, 5.74) is 7.34. The second-order valence-electron chi connectivity index (χ2n) is 5.78. The SMILES string of the molecule is Br.C[n+]1c(-c2ccc(/C=N/NC3=NCCN3)cc2)c(Br)n2ccccc21.[Br-]. The van der Waals surface area contributed by atoms with E-state index in [1.807, 2.05) is 12.1 Å². The number of benzene rings is 1. The third-order valence-corrected chi connectivity index (χ3v) is 4.92. The minimum Gasteiger partial charge on any atom is -1.00 e. The average Bonchev–Trinajstić information content (AvgIpc) is 3.24. The zero-order valence-electron chi connectivity index (χ0n) is 14.6. The number of rotatable bonds is 3. The van der Waals surface area contributed by atoms with Crippen LogP contribution in [0.15, 0.2) is 63.4 Å². The normalized spacial score (nSPS) is 13.0. The van der Waals surface area contributed by atoms with E-state index >= 15 is 0 Å². The van der Waals surface area contributed by atoms with Crippen LogP contribution >= 0.6 is 32.9 Å². The molecule has 0 fully saturated rings. The van der Waals surface area contributed by atoms with E-state index < -0.39 is 0 Å². The Balaban J connectivity index is 0.00000131. The third kappa shape index (κ3) is 4.41. The van der Waals surface area contributed by atoms with Crippen LogP contribution in [0.3, 0.4) is 0 Å². The minimum absolute atomic E-state index is 0. The number of imidazole rings is 1. The Kier molecular flexibility index (Phi) is 7.58. The number of guanidine groups is 1. The summed E-state index contributed by atoms with van der Waals surface area (Å²) in [7, 11) is 2.07. The molecule has 3 aromatic rings. The zero-order valence-corrected chi connectivity index (χ0v) is 19.4. The second-order valence-corrected chi connectivity index (χ2v) is 6.53. The van der Waals surface area contributed by atoms with Crippen LogP contribution in [0.25, 0.3) is 16.9 Å². The third-order valence-electron chi connectivity index (χ3n) is 4.17. The molecular formula is C18H19Br3N6. The molecule has 27 heavy (non-hydrogen) atoms. The molecule has 0 radical (unpaired) electrons. The predicted octanol–water partition coefficient (Wildman–Crippen LogP) is -0.342. The van der Waals surface area contributed by atoms with Gasteiger partial charge in [-0.15, -0.1) is 17.0 Å². The molecule has 1 aromatic carbocycles. The molecular weight excluding hydrogens is 540 g/mol. The van der Waals surface area contributed by atoms with Crippen molar-refractivity contribution < 1.29 is 21.5 Å². The van der Waals surface area contributed by atoms with E-state index in [9.17, 15) is 0 Å². The minimum atomic E-state index is 0. The second kappa shape index (κ2) is 9.48. The van der Waals surface area contributed by atoms with Crippen molar-refractivity contribution in [3.63, 3.8) is 0 Å². The Bertz CT molecular complexity index is 940. The van der Waals surface area contributed by atoms with Crippen LogP contribution in [-0.4, -0.2) is 29.7 Å². The van der Waals surface area contributed by atoms with Crippen LogP contribution in [0, 0.1) is 0 Å². The van der Waals surface area contributed by atoms with Crippen LogP contribution in [-0.2, 0) is 7.05 Å². The van der Waals surface area contributed by atoms with Crippen molar-refractivity contribution in [2.75, 3.05) is 13.1 Å². The number of pyridine rings is 1. The number of halogens is 3. The van der Waals surface area contributed by atoms with Gasteiger partial charge in [-0.1, -0.05) is 18.2 Å². The van der Waals surface area contributed by atoms with Crippen LogP contribution in [0.5, 0.6) is 0 Å². The number of hydrogen-bond donors (Lipinski definition) is 2. The van der Waals surface area contributed by atoms with Gasteiger partial charge in [-0.3, -0.25) is 0 Å². The van der Waals surface area contributed by atoms with Crippen LogP contribution in [0.2, 0.25) is 0 Å². The first kappa shape index (κ1) is 21.6. The van der Waals surface area contributed by atoms with Gasteiger partial charge in [-0.25, -0.2) is 15.0 Å². The molecule has 9 heteroatoms. The molecule has 0 aliphatic carbocycles. The van der Waals surface area contributed by atoms with Crippen LogP contribution in [0.1, 0.15) is 5.56 Å². The Labute approximate surface area is 187 Å². The average molecular weight is 559 g/mol. The lowest BCUT2D eigenvalue weighted by atomic mass is 10.1. The summed E-state index contributed by atoms with van der Waals surface area (Å²) in [4.78, 5) is 4.23. The van der Waals surface area contributed by atoms with Crippen LogP contribution in [0.4, 0.5) is 0 Å². The van der Waals surface area contributed by atoms with Crippen molar-refractivity contribution in [2.45, 2.75) is 0 Å². The first-order valence-electron chi connectivity index (χ1n) is 8.06. The van der Waals surface area contributed by atoms with E-state index in [1.54, 1.807) is 6.21 Å². The Morgan fingerprint density at radius 3 is 2.70 bits per heavy atom. The van der Waals surface area contributed by atoms with E-state index in [4.69, 9.17) is 0 Å². The number of fused-ring (bicyclic) bond motifs is 1. The standard InChI is InChI=1S/C18H18BrN6.2BrH/c1-24-15-4-2-3-11-25(15)17(19)16(24)14-7-5-13(6-8-14)12-22-23-18-20-9-10-21-18;;/h2-8,11-12H,9-10H2,1H3,(H2,20,21,23);2*1H/q+1;;/p-1/b22-12+;;. The summed E-state index contributed by atoms with van der Waals surface area (Å²) in [6, 6.07) is 14.5. The quantitative estimate of drug-likeness (QED) is 0.263. The lowest BCUT2D eigenvalue weighted by Crippen LogP contribution is -3.00. The molecule has 4 rings (SSSR count). The topological polar surface area (TPSA) is 57.1 Å². The number of aliphatic imine (C=N–C) groups is 1. The molecule has 0 amide bonds. The highest BCUT2D eigenvalue weighted by Gasteiger charge is 2.22. The molecule has 2 N–H and O–H groups in total. The highest BCUT2D eigenvalue weighted by Crippen LogP contribution is 2.27. The molecule has 0 spiro atoms. The first-order chi connectivity index (χ1) is 12.2. The van der Waals surface area contributed by atoms with Crippen molar-refractivity contribution in [2.24, 2.45) is 17.1 Å². The van der Waals surface area contributed by atoms with Gasteiger partial charge in [0.05, 0.1) is 26.0 Å². The molecule has 0 saturated carbocycles. The van der Waals surface area contributed by atoms with Gasteiger partial charge in [0.15, 0.2) is 5.69 Å². The van der Waals surface area contributed by atoms with Crippen molar-refractivity contribution in [3.05, 3.63) is 58.8 Å². The molecule has 0 saturated heterocycles. The van der Waals surface area contributed by atoms with Gasteiger partial charge in [0.1, 0.15) is 0 Å². The van der Waals surface area contributed by atoms with Gasteiger partial charge in [0.2, 0.25) is 10.6 Å². The Morgan fingerprint density at radius 2 is 2.04 bits per heavy atom. The van der Waals surface area contributed by atoms with E-state index in [0.29, 0.717) is 0 Å². The molecule has 0 bridgehead atoms. The highest BCUT2D eigenvalue weighted by atomic mass is 79.9. The van der Waals surface area contributed by atoms with Gasteiger partial charge < -0.3 is 22.3 Å². The summed E-state index contributed by atoms with van der Waals surface area (Å²) in [6.07, 6.45) is 3.84. The van der Waals surface area contributed by atoms with Crippen molar-refractivity contribution >= 4 is 50.7 Å². The van der Waals surface area contributed by atoms with E-state index in [0.717, 1.165) is 46.1 Å². The van der Waals surface area contributed by atoms with E-state index in [2.05, 4.69) is 89.3 Å². The number of aromatic nitrogens is 2. The number of aryl methyl sites for hydroxylation is 1. The molecule has 3 heterocycles. The number of hydrazone groups is 1. The molecule has 6 nitrogen and oxygen atoms in total. The van der Waals surface area contributed by atoms with Crippen LogP contribution < -0.4 is 32.3 Å². The summed E-state index contributed by atoms with van der Waals surface area (Å²) in [5, 5.41) is 7.32. The fourth-order valence-corrected chi connectivity index (χ4v) is 3.72. The lowest BCUT2D eigenvalue weighted by molar-refractivity contribution is -0.633. The summed E-state index contributed by atoms with van der Waals surface area (Å²) in [6.45, 7) is 1.66. The number of hydrogen-bond acceptors (Lipinski definition) is 4. The van der Waals surface area contributed by atoms with Gasteiger partial charge in [0, 0.05) is 34.1 Å². The molecule has 1 aliphatic heterocycles. The molecule has 1 aliphatic rings. The van der Waals surface area contributed by atoms with Crippen molar-refractivity contribution in [1.29, 1.82) is 0 Å². The number of nitrogens with one attached hydrogen (secondary N) is 2. The smallest absolute Gasteiger partial charge is 0.287 e. The van der Waals surface area contributed by atoms with Gasteiger partial charge in [-0.05, 0) is 23.8 Å². The summed E-state index contributed by atoms with van der Waals surface area (Å²) < 4.78 is 5.35. The Morgan fingerprint density at radius 1 is 1.26 bits per heavy atom. The van der Waals surface area contributed by atoms with E-state index in [1.165, 1.54) is 0 Å². The highest BCUT2D eigenvalue weighted by molar-refractivity contribution is 9.10. The van der Waals surface area contributed by atoms with E-state index in [-0.39, 0.29) is 34.0 Å². The predicted molar refractivity (Wildman–Crippen MR) is 113 cm³/mol. The number of nitrogens with zero attached hydrogens (tertiary/aromatic N) is 4. The fraction of sp³-hybridized carbons (Fsp3) is 0.167. The molecule has 2 aromatic heterocycles. The molecule has 0 unspecified atom stereocenters. The molecule has 142 valence electrons. The Hall–Kier alpha value is -1.71. The summed E-state index contributed by atoms with van der Waals surface area (Å²) >= 11 is 3.72. The largest absolute Gasteiger partial charge is 1.00 e. The molecule has 0 atom stereocenters. The van der Waals surface area contributed by atoms with Gasteiger partial charge >= 0.3 is 0 Å². The van der Waals surface area contributed by atoms with Crippen molar-refractivity contribution in [3.8, 4) is 11.3 Å². The van der Waals surface area contributed by atoms with Crippen molar-refractivity contribution in [1.82, 2.24) is 15.1 Å². The maximum absolute atomic E-state index is 4.23. The fourth-order valence-electron chi connectivity index (χ4n) is 2.92. The van der Waals surface area contributed by atoms with Gasteiger partial charge in [0.25, 0.3) is 5.65 Å². The first-order valence-corrected chi connectivity index (χ1v) is 8.86. The maximum atomic E-state index is 4.23. The maximum Gasteiger partial charge on any atom is 0.287 e. The monoisotopic (exact) mass is 556 g/mol. The lowest BCUT2D eigenvalue weighted by Gasteiger charge is -2.01. The van der Waals surface area contributed by atoms with Gasteiger partial charge in [-0.2, -0.15) is 9.50 Å².